The van der Waals surface area contributed by atoms with Gasteiger partial charge in [-0.2, -0.15) is 9.97 Å². The molecule has 0 saturated carbocycles. The molecule has 3 aliphatic heterocycles. The molecule has 1 aromatic carbocycles. The third-order valence-corrected chi connectivity index (χ3v) is 7.71. The van der Waals surface area contributed by atoms with E-state index >= 15 is 0 Å². The van der Waals surface area contributed by atoms with Gasteiger partial charge in [0.2, 0.25) is 0 Å². The van der Waals surface area contributed by atoms with Crippen molar-refractivity contribution in [3.63, 3.8) is 0 Å². The molecule has 2 atom stereocenters. The second kappa shape index (κ2) is 17.2. The summed E-state index contributed by atoms with van der Waals surface area (Å²) in [6, 6.07) is 8.91. The molecular weight excluding hydrogens is 522 g/mol. The lowest BCUT2D eigenvalue weighted by Gasteiger charge is -2.31. The fourth-order valence-electron chi connectivity index (χ4n) is 5.19. The molecule has 228 valence electrons. The van der Waals surface area contributed by atoms with E-state index in [1.807, 2.05) is 11.8 Å². The minimum absolute atomic E-state index is 0.0631. The summed E-state index contributed by atoms with van der Waals surface area (Å²) >= 11 is 0. The van der Waals surface area contributed by atoms with E-state index in [2.05, 4.69) is 46.5 Å². The quantitative estimate of drug-likeness (QED) is 0.467. The number of aryl methyl sites for hydroxylation is 1. The zero-order valence-electron chi connectivity index (χ0n) is 25.2. The Bertz CT molecular complexity index is 1040. The summed E-state index contributed by atoms with van der Waals surface area (Å²) in [5.74, 6) is 0.511. The molecule has 41 heavy (non-hydrogen) atoms. The van der Waals surface area contributed by atoms with E-state index in [9.17, 15) is 4.79 Å². The maximum Gasteiger partial charge on any atom is 0.318 e. The van der Waals surface area contributed by atoms with Crippen LogP contribution in [0, 0.1) is 13.8 Å². The Morgan fingerprint density at radius 1 is 1.02 bits per heavy atom. The number of nitrogens with two attached hydrogens (primary N) is 1. The van der Waals surface area contributed by atoms with Crippen molar-refractivity contribution >= 4 is 11.7 Å². The summed E-state index contributed by atoms with van der Waals surface area (Å²) in [7, 11) is 2.51. The number of aliphatic hydroxyl groups excluding tert-OH is 1. The highest BCUT2D eigenvalue weighted by molar-refractivity contribution is 5.95. The third-order valence-electron chi connectivity index (χ3n) is 7.71. The van der Waals surface area contributed by atoms with Gasteiger partial charge in [0.05, 0.1) is 19.3 Å². The Kier molecular flexibility index (Phi) is 13.8. The monoisotopic (exact) mass is 571 g/mol. The molecule has 0 unspecified atom stereocenters. The van der Waals surface area contributed by atoms with Crippen molar-refractivity contribution in [3.8, 4) is 6.01 Å². The van der Waals surface area contributed by atoms with Crippen molar-refractivity contribution < 1.29 is 24.1 Å². The first-order valence-electron chi connectivity index (χ1n) is 14.9. The zero-order valence-corrected chi connectivity index (χ0v) is 25.2. The van der Waals surface area contributed by atoms with Gasteiger partial charge in [0, 0.05) is 51.6 Å². The van der Waals surface area contributed by atoms with Crippen LogP contribution in [-0.2, 0) is 9.47 Å². The van der Waals surface area contributed by atoms with Gasteiger partial charge >= 0.3 is 6.01 Å². The van der Waals surface area contributed by atoms with Crippen molar-refractivity contribution in [2.75, 3.05) is 52.4 Å². The van der Waals surface area contributed by atoms with Crippen LogP contribution in [0.5, 0.6) is 6.01 Å². The van der Waals surface area contributed by atoms with Crippen LogP contribution < -0.4 is 15.8 Å². The number of rotatable bonds is 6. The molecule has 0 spiro atoms. The van der Waals surface area contributed by atoms with Crippen molar-refractivity contribution in [2.45, 2.75) is 83.5 Å². The fourth-order valence-corrected chi connectivity index (χ4v) is 5.19. The summed E-state index contributed by atoms with van der Waals surface area (Å²) in [4.78, 5) is 23.8. The van der Waals surface area contributed by atoms with E-state index in [1.54, 1.807) is 0 Å². The van der Waals surface area contributed by atoms with Gasteiger partial charge in [0.15, 0.2) is 0 Å². The number of amides is 1. The molecule has 1 aromatic heterocycles. The minimum atomic E-state index is -0.100. The molecule has 2 aromatic rings. The van der Waals surface area contributed by atoms with E-state index in [0.717, 1.165) is 58.0 Å². The summed E-state index contributed by atoms with van der Waals surface area (Å²) in [5.41, 5.74) is 9.56. The molecule has 1 amide bonds. The molecule has 5 rings (SSSR count). The highest BCUT2D eigenvalue weighted by Gasteiger charge is 2.27. The molecular formula is C31H49N5O5. The number of hydrogen-bond acceptors (Lipinski definition) is 9. The molecule has 10 nitrogen and oxygen atoms in total. The summed E-state index contributed by atoms with van der Waals surface area (Å²) < 4.78 is 16.8. The van der Waals surface area contributed by atoms with Gasteiger partial charge in [-0.3, -0.25) is 4.79 Å². The van der Waals surface area contributed by atoms with Gasteiger partial charge in [0.25, 0.3) is 5.91 Å². The lowest BCUT2D eigenvalue weighted by atomic mass is 9.97. The lowest BCUT2D eigenvalue weighted by molar-refractivity contribution is -0.0442. The van der Waals surface area contributed by atoms with E-state index in [1.165, 1.54) is 37.5 Å². The molecule has 3 fully saturated rings. The zero-order chi connectivity index (χ0) is 29.6. The number of aromatic nitrogens is 2. The molecule has 10 heteroatoms. The van der Waals surface area contributed by atoms with E-state index in [-0.39, 0.29) is 30.2 Å². The number of likely N-dealkylation sites (tertiary alicyclic amines) is 1. The van der Waals surface area contributed by atoms with E-state index in [0.29, 0.717) is 31.1 Å². The van der Waals surface area contributed by atoms with Gasteiger partial charge in [-0.1, -0.05) is 29.8 Å². The average molecular weight is 572 g/mol. The van der Waals surface area contributed by atoms with Crippen LogP contribution in [0.15, 0.2) is 24.3 Å². The van der Waals surface area contributed by atoms with Gasteiger partial charge in [0.1, 0.15) is 11.5 Å². The summed E-state index contributed by atoms with van der Waals surface area (Å²) in [5, 5.41) is 10.4. The number of methoxy groups -OCH3 is 1. The number of carbonyl (C=O) groups excluding carboxylic acids is 1. The lowest BCUT2D eigenvalue weighted by Crippen LogP contribution is -2.43. The number of carbonyl (C=O) groups is 1. The van der Waals surface area contributed by atoms with Crippen LogP contribution in [0.25, 0.3) is 0 Å². The predicted molar refractivity (Wildman–Crippen MR) is 160 cm³/mol. The average Bonchev–Trinajstić information content (AvgIpc) is 3.03. The maximum absolute atomic E-state index is 13.2. The Morgan fingerprint density at radius 3 is 2.29 bits per heavy atom. The van der Waals surface area contributed by atoms with Crippen molar-refractivity contribution in [1.82, 2.24) is 14.9 Å². The number of benzene rings is 1. The smallest absolute Gasteiger partial charge is 0.318 e. The SMILES string of the molecule is C1CCOCC1.CO.COc1nc(NC[C@H]2CCC[C@@H](c3ccc(C)cc3)O2)c(C)c(C(=O)N2CCC(N)CC2)n1. The van der Waals surface area contributed by atoms with Crippen LogP contribution in [0.2, 0.25) is 0 Å². The minimum Gasteiger partial charge on any atom is -0.467 e. The van der Waals surface area contributed by atoms with Crippen LogP contribution in [0.3, 0.4) is 0 Å². The number of anilines is 1. The first-order valence-corrected chi connectivity index (χ1v) is 14.9. The predicted octanol–water partition coefficient (Wildman–Crippen LogP) is 4.18. The van der Waals surface area contributed by atoms with Crippen LogP contribution in [0.1, 0.15) is 84.6 Å². The van der Waals surface area contributed by atoms with Crippen LogP contribution in [0.4, 0.5) is 5.82 Å². The number of nitrogens with one attached hydrogen (secondary N) is 1. The van der Waals surface area contributed by atoms with Gasteiger partial charge < -0.3 is 35.3 Å². The summed E-state index contributed by atoms with van der Waals surface area (Å²) in [6.07, 6.45) is 8.83. The number of nitrogens with zero attached hydrogens (tertiary/aromatic N) is 3. The highest BCUT2D eigenvalue weighted by atomic mass is 16.5. The Morgan fingerprint density at radius 2 is 1.71 bits per heavy atom. The standard InChI is InChI=1S/C25H35N5O3.C5H10O.CH4O/c1-16-7-9-18(10-8-16)21-6-4-5-20(33-21)15-27-23-17(2)22(28-25(29-23)32-3)24(31)30-13-11-19(26)12-14-30;1-2-4-6-5-3-1;1-2/h7-10,19-21H,4-6,11-15,26H2,1-3H3,(H,27,28,29);1-5H2;2H,1H3/t20-,21+;;/m1../s1. The second-order valence-corrected chi connectivity index (χ2v) is 10.8. The number of hydrogen-bond donors (Lipinski definition) is 3. The van der Waals surface area contributed by atoms with Crippen LogP contribution in [-0.4, -0.2) is 85.1 Å². The Labute approximate surface area is 245 Å². The van der Waals surface area contributed by atoms with E-state index < -0.39 is 0 Å². The fraction of sp³-hybridized carbons (Fsp3) is 0.645. The molecule has 3 aliphatic rings. The molecule has 0 bridgehead atoms. The summed E-state index contributed by atoms with van der Waals surface area (Å²) in [6.45, 7) is 7.86. The second-order valence-electron chi connectivity index (χ2n) is 10.8. The molecule has 0 radical (unpaired) electrons. The largest absolute Gasteiger partial charge is 0.467 e. The van der Waals surface area contributed by atoms with Gasteiger partial charge in [-0.25, -0.2) is 0 Å². The molecule has 4 N–H and O–H groups in total. The van der Waals surface area contributed by atoms with Crippen molar-refractivity contribution in [1.29, 1.82) is 0 Å². The molecule has 3 saturated heterocycles. The number of ether oxygens (including phenoxy) is 3. The molecule has 0 aliphatic carbocycles. The van der Waals surface area contributed by atoms with Crippen LogP contribution >= 0.6 is 0 Å². The van der Waals surface area contributed by atoms with Crippen molar-refractivity contribution in [3.05, 3.63) is 46.6 Å². The maximum atomic E-state index is 13.2. The topological polar surface area (TPSA) is 132 Å². The first kappa shape index (κ1) is 32.7. The normalized spacial score (nSPS) is 21.1. The van der Waals surface area contributed by atoms with Crippen molar-refractivity contribution in [2.24, 2.45) is 5.73 Å². The number of piperidine rings is 1. The Balaban J connectivity index is 0.000000505. The third kappa shape index (κ3) is 9.92. The first-order chi connectivity index (χ1) is 19.9. The Hall–Kier alpha value is -2.79. The van der Waals surface area contributed by atoms with Gasteiger partial charge in [-0.15, -0.1) is 0 Å². The highest BCUT2D eigenvalue weighted by Crippen LogP contribution is 2.32. The molecule has 4 heterocycles. The van der Waals surface area contributed by atoms with Gasteiger partial charge in [-0.05, 0) is 70.8 Å². The van der Waals surface area contributed by atoms with E-state index in [4.69, 9.17) is 25.1 Å². The number of aliphatic hydroxyl groups is 1.